The third kappa shape index (κ3) is 5.71. The lowest BCUT2D eigenvalue weighted by Crippen LogP contribution is -2.35. The Kier molecular flexibility index (Phi) is 6.79. The standard InChI is InChI=1S/C22H25N5O3/c28-20(7-8-21-25-22(26-30-21)19-2-1-9-23-15-19)24-14-17-3-5-18(6-4-17)16-27-10-12-29-13-11-27/h1-6,9,15H,7-8,10-14,16H2,(H,24,28). The summed E-state index contributed by atoms with van der Waals surface area (Å²) < 4.78 is 10.6. The molecule has 8 nitrogen and oxygen atoms in total. The van der Waals surface area contributed by atoms with Gasteiger partial charge in [-0.05, 0) is 23.3 Å². The molecule has 0 saturated carbocycles. The number of amides is 1. The number of nitrogens with one attached hydrogen (secondary N) is 1. The highest BCUT2D eigenvalue weighted by Crippen LogP contribution is 2.14. The van der Waals surface area contributed by atoms with Crippen LogP contribution in [0.15, 0.2) is 53.3 Å². The van der Waals surface area contributed by atoms with E-state index in [2.05, 4.69) is 49.6 Å². The largest absolute Gasteiger partial charge is 0.379 e. The summed E-state index contributed by atoms with van der Waals surface area (Å²) in [6.07, 6.45) is 4.06. The maximum Gasteiger partial charge on any atom is 0.227 e. The third-order valence-electron chi connectivity index (χ3n) is 4.98. The minimum Gasteiger partial charge on any atom is -0.379 e. The van der Waals surface area contributed by atoms with E-state index in [9.17, 15) is 4.79 Å². The Morgan fingerprint density at radius 1 is 1.10 bits per heavy atom. The summed E-state index contributed by atoms with van der Waals surface area (Å²) >= 11 is 0. The van der Waals surface area contributed by atoms with Gasteiger partial charge in [0, 0.05) is 57.0 Å². The van der Waals surface area contributed by atoms with Crippen molar-refractivity contribution in [2.24, 2.45) is 0 Å². The molecule has 0 unspecified atom stereocenters. The molecule has 8 heteroatoms. The molecule has 0 radical (unpaired) electrons. The van der Waals surface area contributed by atoms with Gasteiger partial charge in [-0.15, -0.1) is 0 Å². The summed E-state index contributed by atoms with van der Waals surface area (Å²) in [6.45, 7) is 4.99. The van der Waals surface area contributed by atoms with Crippen molar-refractivity contribution < 1.29 is 14.1 Å². The molecule has 3 aromatic rings. The number of aryl methyl sites for hydroxylation is 1. The summed E-state index contributed by atoms with van der Waals surface area (Å²) in [6, 6.07) is 12.0. The molecule has 1 amide bonds. The Balaban J connectivity index is 1.20. The highest BCUT2D eigenvalue weighted by atomic mass is 16.5. The van der Waals surface area contributed by atoms with Crippen molar-refractivity contribution in [3.05, 3.63) is 65.8 Å². The number of aromatic nitrogens is 3. The molecule has 3 heterocycles. The molecule has 0 aliphatic carbocycles. The molecule has 1 aliphatic rings. The van der Waals surface area contributed by atoms with Crippen molar-refractivity contribution in [1.29, 1.82) is 0 Å². The lowest BCUT2D eigenvalue weighted by Gasteiger charge is -2.26. The van der Waals surface area contributed by atoms with Crippen LogP contribution in [0.3, 0.4) is 0 Å². The Morgan fingerprint density at radius 2 is 1.90 bits per heavy atom. The Bertz CT molecular complexity index is 937. The van der Waals surface area contributed by atoms with E-state index in [4.69, 9.17) is 9.26 Å². The highest BCUT2D eigenvalue weighted by molar-refractivity contribution is 5.76. The first-order valence-electron chi connectivity index (χ1n) is 10.1. The Morgan fingerprint density at radius 3 is 2.67 bits per heavy atom. The fourth-order valence-electron chi connectivity index (χ4n) is 3.26. The lowest BCUT2D eigenvalue weighted by molar-refractivity contribution is -0.121. The van der Waals surface area contributed by atoms with Gasteiger partial charge in [-0.1, -0.05) is 29.4 Å². The highest BCUT2D eigenvalue weighted by Gasteiger charge is 2.12. The normalized spacial score (nSPS) is 14.5. The number of benzene rings is 1. The molecular formula is C22H25N5O3. The Labute approximate surface area is 175 Å². The molecule has 0 spiro atoms. The van der Waals surface area contributed by atoms with Crippen LogP contribution in [0.4, 0.5) is 0 Å². The summed E-state index contributed by atoms with van der Waals surface area (Å²) in [5, 5.41) is 6.88. The van der Waals surface area contributed by atoms with Crippen molar-refractivity contribution in [3.63, 3.8) is 0 Å². The van der Waals surface area contributed by atoms with Gasteiger partial charge in [0.1, 0.15) is 0 Å². The van der Waals surface area contributed by atoms with E-state index >= 15 is 0 Å². The van der Waals surface area contributed by atoms with E-state index in [0.29, 0.717) is 31.1 Å². The molecule has 2 aromatic heterocycles. The molecule has 156 valence electrons. The fourth-order valence-corrected chi connectivity index (χ4v) is 3.26. The van der Waals surface area contributed by atoms with Gasteiger partial charge in [-0.3, -0.25) is 14.7 Å². The van der Waals surface area contributed by atoms with Gasteiger partial charge in [0.25, 0.3) is 0 Å². The van der Waals surface area contributed by atoms with Crippen LogP contribution in [0.2, 0.25) is 0 Å². The topological polar surface area (TPSA) is 93.4 Å². The van der Waals surface area contributed by atoms with Crippen LogP contribution >= 0.6 is 0 Å². The molecule has 1 aromatic carbocycles. The maximum atomic E-state index is 12.2. The first-order valence-corrected chi connectivity index (χ1v) is 10.1. The summed E-state index contributed by atoms with van der Waals surface area (Å²) in [5.74, 6) is 0.876. The second kappa shape index (κ2) is 10.1. The number of hydrogen-bond acceptors (Lipinski definition) is 7. The number of morpholine rings is 1. The Hall–Kier alpha value is -3.10. The summed E-state index contributed by atoms with van der Waals surface area (Å²) in [5.41, 5.74) is 3.13. The number of rotatable bonds is 8. The van der Waals surface area contributed by atoms with E-state index in [1.54, 1.807) is 12.4 Å². The first kappa shape index (κ1) is 20.2. The molecule has 0 bridgehead atoms. The zero-order chi connectivity index (χ0) is 20.6. The fraction of sp³-hybridized carbons (Fsp3) is 0.364. The van der Waals surface area contributed by atoms with Crippen molar-refractivity contribution in [1.82, 2.24) is 25.3 Å². The number of carbonyl (C=O) groups excluding carboxylic acids is 1. The molecule has 0 atom stereocenters. The van der Waals surface area contributed by atoms with Crippen LogP contribution in [0.5, 0.6) is 0 Å². The van der Waals surface area contributed by atoms with Gasteiger partial charge in [-0.25, -0.2) is 0 Å². The van der Waals surface area contributed by atoms with Crippen LogP contribution in [0, 0.1) is 0 Å². The molecule has 4 rings (SSSR count). The minimum atomic E-state index is -0.0477. The third-order valence-corrected chi connectivity index (χ3v) is 4.98. The van der Waals surface area contributed by atoms with Crippen molar-refractivity contribution in [3.8, 4) is 11.4 Å². The maximum absolute atomic E-state index is 12.2. The van der Waals surface area contributed by atoms with Crippen LogP contribution in [-0.4, -0.2) is 52.2 Å². The first-order chi connectivity index (χ1) is 14.8. The van der Waals surface area contributed by atoms with Crippen LogP contribution in [-0.2, 0) is 29.0 Å². The van der Waals surface area contributed by atoms with Gasteiger partial charge in [0.05, 0.1) is 13.2 Å². The number of carbonyl (C=O) groups is 1. The average Bonchev–Trinajstić information content (AvgIpc) is 3.28. The predicted octanol–water partition coefficient (Wildman–Crippen LogP) is 2.21. The van der Waals surface area contributed by atoms with E-state index in [0.717, 1.165) is 44.0 Å². The minimum absolute atomic E-state index is 0.0477. The van der Waals surface area contributed by atoms with Crippen LogP contribution < -0.4 is 5.32 Å². The molecular weight excluding hydrogens is 382 g/mol. The number of ether oxygens (including phenoxy) is 1. The molecule has 1 fully saturated rings. The van der Waals surface area contributed by atoms with Crippen molar-refractivity contribution in [2.75, 3.05) is 26.3 Å². The van der Waals surface area contributed by atoms with E-state index in [1.807, 2.05) is 12.1 Å². The van der Waals surface area contributed by atoms with Gasteiger partial charge in [0.2, 0.25) is 17.6 Å². The SMILES string of the molecule is O=C(CCc1nc(-c2cccnc2)no1)NCc1ccc(CN2CCOCC2)cc1. The van der Waals surface area contributed by atoms with Gasteiger partial charge in [-0.2, -0.15) is 4.98 Å². The molecule has 30 heavy (non-hydrogen) atoms. The van der Waals surface area contributed by atoms with Crippen LogP contribution in [0.25, 0.3) is 11.4 Å². The zero-order valence-electron chi connectivity index (χ0n) is 16.8. The van der Waals surface area contributed by atoms with Gasteiger partial charge in [0.15, 0.2) is 0 Å². The second-order valence-corrected chi connectivity index (χ2v) is 7.24. The quantitative estimate of drug-likeness (QED) is 0.612. The van der Waals surface area contributed by atoms with E-state index in [1.165, 1.54) is 5.56 Å². The van der Waals surface area contributed by atoms with Crippen molar-refractivity contribution in [2.45, 2.75) is 25.9 Å². The molecule has 1 N–H and O–H groups in total. The predicted molar refractivity (Wildman–Crippen MR) is 110 cm³/mol. The molecule has 1 aliphatic heterocycles. The second-order valence-electron chi connectivity index (χ2n) is 7.24. The van der Waals surface area contributed by atoms with E-state index < -0.39 is 0 Å². The molecule has 1 saturated heterocycles. The average molecular weight is 407 g/mol. The van der Waals surface area contributed by atoms with E-state index in [-0.39, 0.29) is 5.91 Å². The van der Waals surface area contributed by atoms with Crippen molar-refractivity contribution >= 4 is 5.91 Å². The lowest BCUT2D eigenvalue weighted by atomic mass is 10.1. The monoisotopic (exact) mass is 407 g/mol. The van der Waals surface area contributed by atoms with Gasteiger partial charge < -0.3 is 14.6 Å². The summed E-state index contributed by atoms with van der Waals surface area (Å²) in [4.78, 5) is 22.9. The zero-order valence-corrected chi connectivity index (χ0v) is 16.8. The smallest absolute Gasteiger partial charge is 0.227 e. The van der Waals surface area contributed by atoms with Gasteiger partial charge >= 0.3 is 0 Å². The summed E-state index contributed by atoms with van der Waals surface area (Å²) in [7, 11) is 0. The number of nitrogens with zero attached hydrogens (tertiary/aromatic N) is 4. The number of hydrogen-bond donors (Lipinski definition) is 1. The van der Waals surface area contributed by atoms with Crippen LogP contribution in [0.1, 0.15) is 23.4 Å². The number of pyridine rings is 1.